The fraction of sp³-hybridized carbons (Fsp3) is 0.304. The van der Waals surface area contributed by atoms with Crippen molar-refractivity contribution in [2.24, 2.45) is 0 Å². The Morgan fingerprint density at radius 2 is 1.77 bits per heavy atom. The lowest BCUT2D eigenvalue weighted by atomic mass is 10.1. The molecule has 0 unspecified atom stereocenters. The van der Waals surface area contributed by atoms with Crippen LogP contribution in [0.4, 0.5) is 0 Å². The van der Waals surface area contributed by atoms with E-state index in [0.717, 1.165) is 17.9 Å². The summed E-state index contributed by atoms with van der Waals surface area (Å²) in [6.45, 7) is 4.02. The molecule has 3 aromatic rings. The molecule has 0 saturated heterocycles. The van der Waals surface area contributed by atoms with Crippen LogP contribution in [-0.4, -0.2) is 45.9 Å². The average molecular weight is 439 g/mol. The van der Waals surface area contributed by atoms with E-state index in [1.165, 1.54) is 24.2 Å². The van der Waals surface area contributed by atoms with Crippen LogP contribution in [0.5, 0.6) is 5.75 Å². The van der Waals surface area contributed by atoms with Crippen LogP contribution in [0, 0.1) is 0 Å². The fourth-order valence-electron chi connectivity index (χ4n) is 3.04. The summed E-state index contributed by atoms with van der Waals surface area (Å²) in [6, 6.07) is 15.3. The molecule has 0 aliphatic rings. The summed E-state index contributed by atoms with van der Waals surface area (Å²) in [5.74, 6) is 1.66. The van der Waals surface area contributed by atoms with Gasteiger partial charge in [-0.1, -0.05) is 43.0 Å². The van der Waals surface area contributed by atoms with Crippen LogP contribution < -0.4 is 10.1 Å². The lowest BCUT2D eigenvalue weighted by molar-refractivity contribution is -0.118. The predicted molar refractivity (Wildman–Crippen MR) is 121 cm³/mol. The molecule has 0 spiro atoms. The molecule has 0 saturated carbocycles. The van der Waals surface area contributed by atoms with Gasteiger partial charge in [0.1, 0.15) is 11.6 Å². The van der Waals surface area contributed by atoms with Gasteiger partial charge in [0, 0.05) is 31.1 Å². The number of carbonyl (C=O) groups is 2. The van der Waals surface area contributed by atoms with Crippen LogP contribution in [0.25, 0.3) is 5.69 Å². The number of thioether (sulfide) groups is 1. The Morgan fingerprint density at radius 3 is 2.39 bits per heavy atom. The van der Waals surface area contributed by atoms with Gasteiger partial charge >= 0.3 is 0 Å². The quantitative estimate of drug-likeness (QED) is 0.385. The molecule has 0 atom stereocenters. The number of hydrogen-bond acceptors (Lipinski definition) is 6. The third kappa shape index (κ3) is 5.95. The lowest BCUT2D eigenvalue weighted by Crippen LogP contribution is -2.23. The van der Waals surface area contributed by atoms with Gasteiger partial charge in [0.15, 0.2) is 10.9 Å². The topological polar surface area (TPSA) is 86.1 Å². The van der Waals surface area contributed by atoms with Gasteiger partial charge in [-0.15, -0.1) is 10.2 Å². The Balaban J connectivity index is 1.79. The van der Waals surface area contributed by atoms with E-state index in [0.29, 0.717) is 29.5 Å². The van der Waals surface area contributed by atoms with Crippen LogP contribution in [0.15, 0.2) is 53.7 Å². The number of hydrogen-bond donors (Lipinski definition) is 1. The number of nitrogens with one attached hydrogen (secondary N) is 1. The highest BCUT2D eigenvalue weighted by molar-refractivity contribution is 7.99. The molecule has 0 aliphatic carbocycles. The molecule has 162 valence electrons. The van der Waals surface area contributed by atoms with Crippen LogP contribution in [0.1, 0.15) is 35.6 Å². The molecule has 0 aliphatic heterocycles. The minimum absolute atomic E-state index is 0.0386. The second kappa shape index (κ2) is 10.8. The van der Waals surface area contributed by atoms with Crippen molar-refractivity contribution < 1.29 is 14.3 Å². The highest BCUT2D eigenvalue weighted by Gasteiger charge is 2.17. The number of aromatic nitrogens is 3. The number of ether oxygens (including phenoxy) is 1. The third-order valence-electron chi connectivity index (χ3n) is 4.77. The highest BCUT2D eigenvalue weighted by Crippen LogP contribution is 2.25. The Hall–Kier alpha value is -3.13. The van der Waals surface area contributed by atoms with Crippen molar-refractivity contribution in [3.05, 3.63) is 65.5 Å². The largest absolute Gasteiger partial charge is 0.497 e. The SMILES string of the molecule is CCc1ccc(C(=O)CSc2nnc(CCNC(C)=O)n2-c2ccc(OC)cc2)cc1. The molecule has 8 heteroatoms. The first-order valence-electron chi connectivity index (χ1n) is 10.1. The van der Waals surface area contributed by atoms with Crippen LogP contribution in [-0.2, 0) is 17.6 Å². The van der Waals surface area contributed by atoms with Gasteiger partial charge in [0.05, 0.1) is 12.9 Å². The molecule has 0 radical (unpaired) electrons. The van der Waals surface area contributed by atoms with Gasteiger partial charge in [-0.25, -0.2) is 0 Å². The van der Waals surface area contributed by atoms with E-state index in [9.17, 15) is 9.59 Å². The van der Waals surface area contributed by atoms with Crippen LogP contribution in [0.3, 0.4) is 0 Å². The van der Waals surface area contributed by atoms with Crippen molar-refractivity contribution in [2.45, 2.75) is 31.8 Å². The summed E-state index contributed by atoms with van der Waals surface area (Å²) in [6.07, 6.45) is 1.46. The Labute approximate surface area is 186 Å². The average Bonchev–Trinajstić information content (AvgIpc) is 3.20. The number of carbonyl (C=O) groups excluding carboxylic acids is 2. The first kappa shape index (κ1) is 22.6. The first-order valence-corrected chi connectivity index (χ1v) is 11.1. The minimum atomic E-state index is -0.0928. The molecular formula is C23H26N4O3S. The Kier molecular flexibility index (Phi) is 7.83. The molecule has 0 fully saturated rings. The standard InChI is InChI=1S/C23H26N4O3S/c1-4-17-5-7-18(8-6-17)21(29)15-31-23-26-25-22(13-14-24-16(2)28)27(23)19-9-11-20(30-3)12-10-19/h5-12H,4,13-15H2,1-3H3,(H,24,28). The van der Waals surface area contributed by atoms with E-state index in [-0.39, 0.29) is 17.4 Å². The van der Waals surface area contributed by atoms with E-state index in [2.05, 4.69) is 22.4 Å². The number of nitrogens with zero attached hydrogens (tertiary/aromatic N) is 3. The second-order valence-corrected chi connectivity index (χ2v) is 7.87. The number of rotatable bonds is 10. The van der Waals surface area contributed by atoms with E-state index >= 15 is 0 Å². The summed E-state index contributed by atoms with van der Waals surface area (Å²) in [7, 11) is 1.62. The molecule has 0 bridgehead atoms. The zero-order chi connectivity index (χ0) is 22.2. The Morgan fingerprint density at radius 1 is 1.06 bits per heavy atom. The first-order chi connectivity index (χ1) is 15.0. The number of Topliss-reactive ketones (excluding diaryl/α,β-unsaturated/α-hetero) is 1. The summed E-state index contributed by atoms with van der Waals surface area (Å²) in [5.41, 5.74) is 2.75. The normalized spacial score (nSPS) is 10.7. The third-order valence-corrected chi connectivity index (χ3v) is 5.70. The Bertz CT molecular complexity index is 1030. The van der Waals surface area contributed by atoms with Crippen molar-refractivity contribution in [3.63, 3.8) is 0 Å². The maximum absolute atomic E-state index is 12.7. The van der Waals surface area contributed by atoms with E-state index in [4.69, 9.17) is 4.74 Å². The van der Waals surface area contributed by atoms with Crippen molar-refractivity contribution in [1.82, 2.24) is 20.1 Å². The molecule has 1 N–H and O–H groups in total. The fourth-order valence-corrected chi connectivity index (χ4v) is 3.90. The van der Waals surface area contributed by atoms with Gasteiger partial charge in [-0.2, -0.15) is 0 Å². The van der Waals surface area contributed by atoms with Crippen molar-refractivity contribution in [3.8, 4) is 11.4 Å². The second-order valence-electron chi connectivity index (χ2n) is 6.93. The molecular weight excluding hydrogens is 412 g/mol. The van der Waals surface area contributed by atoms with E-state index in [1.54, 1.807) is 7.11 Å². The zero-order valence-corrected chi connectivity index (χ0v) is 18.7. The lowest BCUT2D eigenvalue weighted by Gasteiger charge is -2.11. The van der Waals surface area contributed by atoms with Crippen molar-refractivity contribution >= 4 is 23.5 Å². The molecule has 1 heterocycles. The van der Waals surface area contributed by atoms with Gasteiger partial charge in [-0.05, 0) is 36.2 Å². The molecule has 7 nitrogen and oxygen atoms in total. The van der Waals surface area contributed by atoms with Crippen LogP contribution in [0.2, 0.25) is 0 Å². The summed E-state index contributed by atoms with van der Waals surface area (Å²) >= 11 is 1.35. The molecule has 1 aromatic heterocycles. The predicted octanol–water partition coefficient (Wildman–Crippen LogP) is 3.49. The molecule has 2 aromatic carbocycles. The summed E-state index contributed by atoms with van der Waals surface area (Å²) in [5, 5.41) is 12.0. The van der Waals surface area contributed by atoms with Crippen molar-refractivity contribution in [1.29, 1.82) is 0 Å². The number of aryl methyl sites for hydroxylation is 1. The van der Waals surface area contributed by atoms with Gasteiger partial charge in [0.25, 0.3) is 0 Å². The van der Waals surface area contributed by atoms with Crippen molar-refractivity contribution in [2.75, 3.05) is 19.4 Å². The number of benzene rings is 2. The minimum Gasteiger partial charge on any atom is -0.497 e. The summed E-state index contributed by atoms with van der Waals surface area (Å²) in [4.78, 5) is 23.9. The number of methoxy groups -OCH3 is 1. The van der Waals surface area contributed by atoms with E-state index in [1.807, 2.05) is 53.1 Å². The maximum atomic E-state index is 12.7. The van der Waals surface area contributed by atoms with Gasteiger partial charge < -0.3 is 10.1 Å². The monoisotopic (exact) mass is 438 g/mol. The molecule has 31 heavy (non-hydrogen) atoms. The zero-order valence-electron chi connectivity index (χ0n) is 17.9. The van der Waals surface area contributed by atoms with Gasteiger partial charge in [-0.3, -0.25) is 14.2 Å². The molecule has 3 rings (SSSR count). The number of amides is 1. The number of ketones is 1. The maximum Gasteiger partial charge on any atom is 0.216 e. The smallest absolute Gasteiger partial charge is 0.216 e. The van der Waals surface area contributed by atoms with Gasteiger partial charge in [0.2, 0.25) is 5.91 Å². The van der Waals surface area contributed by atoms with Crippen LogP contribution >= 0.6 is 11.8 Å². The highest BCUT2D eigenvalue weighted by atomic mass is 32.2. The van der Waals surface area contributed by atoms with E-state index < -0.39 is 0 Å². The summed E-state index contributed by atoms with van der Waals surface area (Å²) < 4.78 is 7.16. The molecule has 1 amide bonds.